The Hall–Kier alpha value is -3.06. The second kappa shape index (κ2) is 12.8. The Balaban J connectivity index is 1.79. The average molecular weight is 499 g/mol. The van der Waals surface area contributed by atoms with Gasteiger partial charge in [0.25, 0.3) is 0 Å². The van der Waals surface area contributed by atoms with Gasteiger partial charge in [0, 0.05) is 12.5 Å². The van der Waals surface area contributed by atoms with Crippen LogP contribution in [0.3, 0.4) is 0 Å². The Bertz CT molecular complexity index is 965. The van der Waals surface area contributed by atoms with Gasteiger partial charge in [-0.05, 0) is 70.4 Å². The van der Waals surface area contributed by atoms with Crippen LogP contribution in [0.1, 0.15) is 46.1 Å². The van der Waals surface area contributed by atoms with Gasteiger partial charge >= 0.3 is 11.9 Å². The summed E-state index contributed by atoms with van der Waals surface area (Å²) in [7, 11) is 1.64. The summed E-state index contributed by atoms with van der Waals surface area (Å²) in [4.78, 5) is 25.5. The highest BCUT2D eigenvalue weighted by atomic mass is 16.6. The molecule has 0 amide bonds. The van der Waals surface area contributed by atoms with E-state index in [-0.39, 0.29) is 18.9 Å². The van der Waals surface area contributed by atoms with Crippen LogP contribution in [0.5, 0.6) is 11.5 Å². The van der Waals surface area contributed by atoms with Crippen LogP contribution in [-0.4, -0.2) is 50.1 Å². The number of para-hydroxylation sites is 1. The number of cyclic esters (lactones) is 1. The van der Waals surface area contributed by atoms with Crippen molar-refractivity contribution in [1.29, 1.82) is 0 Å². The molecule has 0 bridgehead atoms. The molecule has 1 aliphatic rings. The molecule has 0 aliphatic carbocycles. The van der Waals surface area contributed by atoms with E-state index in [4.69, 9.17) is 23.7 Å². The van der Waals surface area contributed by atoms with Gasteiger partial charge in [-0.1, -0.05) is 30.3 Å². The number of ether oxygens (including phenoxy) is 5. The first-order valence-corrected chi connectivity index (χ1v) is 12.5. The van der Waals surface area contributed by atoms with Crippen LogP contribution >= 0.6 is 0 Å². The minimum absolute atomic E-state index is 0.0174. The van der Waals surface area contributed by atoms with Crippen LogP contribution in [0.15, 0.2) is 54.6 Å². The largest absolute Gasteiger partial charge is 0.497 e. The molecule has 7 heteroatoms. The molecule has 7 nitrogen and oxygen atoms in total. The van der Waals surface area contributed by atoms with E-state index < -0.39 is 35.7 Å². The molecule has 1 aliphatic heterocycles. The molecule has 2 aromatic carbocycles. The van der Waals surface area contributed by atoms with E-state index >= 15 is 0 Å². The fourth-order valence-corrected chi connectivity index (χ4v) is 4.28. The summed E-state index contributed by atoms with van der Waals surface area (Å²) in [5.74, 6) is -0.161. The molecule has 3 rings (SSSR count). The lowest BCUT2D eigenvalue weighted by molar-refractivity contribution is -0.170. The first kappa shape index (κ1) is 27.5. The van der Waals surface area contributed by atoms with Crippen molar-refractivity contribution < 1.29 is 33.3 Å². The summed E-state index contributed by atoms with van der Waals surface area (Å²) in [5.41, 5.74) is 0.495. The summed E-state index contributed by atoms with van der Waals surface area (Å²) < 4.78 is 28.9. The summed E-state index contributed by atoms with van der Waals surface area (Å²) in [6.45, 7) is 7.76. The summed E-state index contributed by atoms with van der Waals surface area (Å²) in [6, 6.07) is 17.5. The van der Waals surface area contributed by atoms with Crippen LogP contribution in [0.2, 0.25) is 0 Å². The van der Waals surface area contributed by atoms with Gasteiger partial charge in [0.2, 0.25) is 0 Å². The van der Waals surface area contributed by atoms with E-state index in [1.165, 1.54) is 0 Å². The van der Waals surface area contributed by atoms with Gasteiger partial charge < -0.3 is 23.7 Å². The highest BCUT2D eigenvalue weighted by Gasteiger charge is 2.36. The van der Waals surface area contributed by atoms with E-state index in [2.05, 4.69) is 0 Å². The van der Waals surface area contributed by atoms with Crippen molar-refractivity contribution >= 4 is 11.9 Å². The molecule has 196 valence electrons. The van der Waals surface area contributed by atoms with Gasteiger partial charge in [-0.25, -0.2) is 0 Å². The molecule has 0 radical (unpaired) electrons. The number of benzene rings is 2. The van der Waals surface area contributed by atoms with Gasteiger partial charge in [0.15, 0.2) is 0 Å². The zero-order valence-corrected chi connectivity index (χ0v) is 21.9. The molecule has 0 aromatic heterocycles. The normalized spacial score (nSPS) is 23.3. The highest BCUT2D eigenvalue weighted by Crippen LogP contribution is 2.28. The fourth-order valence-electron chi connectivity index (χ4n) is 4.28. The third-order valence-corrected chi connectivity index (χ3v) is 6.02. The smallest absolute Gasteiger partial charge is 0.312 e. The first-order chi connectivity index (χ1) is 17.1. The predicted octanol–water partition coefficient (Wildman–Crippen LogP) is 5.00. The van der Waals surface area contributed by atoms with Crippen LogP contribution in [0.4, 0.5) is 0 Å². The van der Waals surface area contributed by atoms with Gasteiger partial charge in [0.1, 0.15) is 29.3 Å². The Labute approximate surface area is 214 Å². The molecule has 36 heavy (non-hydrogen) atoms. The second-order valence-electron chi connectivity index (χ2n) is 10.2. The Morgan fingerprint density at radius 1 is 1.03 bits per heavy atom. The minimum Gasteiger partial charge on any atom is -0.497 e. The summed E-state index contributed by atoms with van der Waals surface area (Å²) in [6.07, 6.45) is 0.364. The quantitative estimate of drug-likeness (QED) is 0.497. The topological polar surface area (TPSA) is 80.3 Å². The first-order valence-electron chi connectivity index (χ1n) is 12.5. The maximum atomic E-state index is 13.1. The van der Waals surface area contributed by atoms with E-state index in [9.17, 15) is 9.59 Å². The zero-order chi connectivity index (χ0) is 26.1. The van der Waals surface area contributed by atoms with Crippen LogP contribution in [0, 0.1) is 11.8 Å². The van der Waals surface area contributed by atoms with Gasteiger partial charge in [-0.3, -0.25) is 9.59 Å². The molecule has 0 saturated carbocycles. The highest BCUT2D eigenvalue weighted by molar-refractivity contribution is 5.80. The Morgan fingerprint density at radius 2 is 1.72 bits per heavy atom. The van der Waals surface area contributed by atoms with Crippen molar-refractivity contribution in [3.8, 4) is 11.5 Å². The number of hydrogen-bond donors (Lipinski definition) is 0. The van der Waals surface area contributed by atoms with E-state index in [0.29, 0.717) is 25.2 Å². The van der Waals surface area contributed by atoms with Crippen molar-refractivity contribution in [2.45, 2.75) is 64.8 Å². The van der Waals surface area contributed by atoms with Crippen molar-refractivity contribution in [2.24, 2.45) is 11.8 Å². The molecule has 1 saturated heterocycles. The van der Waals surface area contributed by atoms with E-state index in [0.717, 1.165) is 11.3 Å². The van der Waals surface area contributed by atoms with Crippen molar-refractivity contribution in [2.75, 3.05) is 20.3 Å². The molecule has 0 unspecified atom stereocenters. The number of carbonyl (C=O) groups is 2. The molecule has 1 heterocycles. The van der Waals surface area contributed by atoms with Crippen LogP contribution in [-0.2, 0) is 30.2 Å². The molecule has 1 fully saturated rings. The van der Waals surface area contributed by atoms with Crippen molar-refractivity contribution in [3.05, 3.63) is 60.2 Å². The number of rotatable bonds is 7. The van der Waals surface area contributed by atoms with E-state index in [1.54, 1.807) is 27.9 Å². The third kappa shape index (κ3) is 8.55. The molecular weight excluding hydrogens is 460 g/mol. The lowest BCUT2D eigenvalue weighted by Gasteiger charge is -2.34. The summed E-state index contributed by atoms with van der Waals surface area (Å²) in [5, 5.41) is 0. The zero-order valence-electron chi connectivity index (χ0n) is 21.9. The van der Waals surface area contributed by atoms with Gasteiger partial charge in [-0.15, -0.1) is 0 Å². The van der Waals surface area contributed by atoms with Gasteiger partial charge in [0.05, 0.1) is 26.1 Å². The maximum Gasteiger partial charge on any atom is 0.312 e. The Morgan fingerprint density at radius 3 is 2.36 bits per heavy atom. The molecule has 2 aromatic rings. The van der Waals surface area contributed by atoms with Gasteiger partial charge in [-0.2, -0.15) is 0 Å². The SMILES string of the molecule is COc1ccc(C[C@H]2CCOC[C@H](CC(=O)OC(C)(C)C)C(=O)O[C@@H](C)[C@@H]2Oc2ccccc2)cc1. The minimum atomic E-state index is -0.738. The Kier molecular flexibility index (Phi) is 9.76. The number of esters is 2. The lowest BCUT2D eigenvalue weighted by atomic mass is 9.88. The summed E-state index contributed by atoms with van der Waals surface area (Å²) >= 11 is 0. The predicted molar refractivity (Wildman–Crippen MR) is 136 cm³/mol. The molecule has 4 atom stereocenters. The monoisotopic (exact) mass is 498 g/mol. The standard InChI is InChI=1S/C29H38O7/c1-20-27(35-25-9-7-6-8-10-25)22(17-21-11-13-24(32-5)14-12-21)15-16-33-19-23(28(31)34-20)18-26(30)36-29(2,3)4/h6-14,20,22-23,27H,15-19H2,1-5H3/t20-,22+,23-,27-/m0/s1. The third-order valence-electron chi connectivity index (χ3n) is 6.02. The molecule has 0 spiro atoms. The average Bonchev–Trinajstić information content (AvgIpc) is 2.83. The van der Waals surface area contributed by atoms with Crippen LogP contribution in [0.25, 0.3) is 0 Å². The van der Waals surface area contributed by atoms with Crippen molar-refractivity contribution in [1.82, 2.24) is 0 Å². The van der Waals surface area contributed by atoms with Crippen LogP contribution < -0.4 is 9.47 Å². The molecule has 0 N–H and O–H groups in total. The second-order valence-corrected chi connectivity index (χ2v) is 10.2. The number of hydrogen-bond acceptors (Lipinski definition) is 7. The maximum absolute atomic E-state index is 13.1. The van der Waals surface area contributed by atoms with Crippen molar-refractivity contribution in [3.63, 3.8) is 0 Å². The number of methoxy groups -OCH3 is 1. The van der Waals surface area contributed by atoms with E-state index in [1.807, 2.05) is 61.5 Å². The lowest BCUT2D eigenvalue weighted by Crippen LogP contribution is -2.43. The fraction of sp³-hybridized carbons (Fsp3) is 0.517. The molecular formula is C29H38O7. The number of carbonyl (C=O) groups excluding carboxylic acids is 2.